The van der Waals surface area contributed by atoms with Crippen LogP contribution in [0.15, 0.2) is 22.8 Å². The number of esters is 1. The van der Waals surface area contributed by atoms with E-state index in [1.54, 1.807) is 25.3 Å². The third-order valence-electron chi connectivity index (χ3n) is 4.77. The number of carbonyl (C=O) groups excluding carboxylic acids is 2. The van der Waals surface area contributed by atoms with Gasteiger partial charge < -0.3 is 19.9 Å². The van der Waals surface area contributed by atoms with Crippen molar-refractivity contribution in [3.05, 3.63) is 46.7 Å². The smallest absolute Gasteiger partial charge is 0.355 e. The van der Waals surface area contributed by atoms with Crippen LogP contribution in [0.4, 0.5) is 0 Å². The average Bonchev–Trinajstić information content (AvgIpc) is 3.20. The predicted octanol–water partition coefficient (Wildman–Crippen LogP) is 3.25. The van der Waals surface area contributed by atoms with Gasteiger partial charge in [0.15, 0.2) is 5.78 Å². The van der Waals surface area contributed by atoms with Crippen molar-refractivity contribution in [3.8, 4) is 0 Å². The Morgan fingerprint density at radius 2 is 2.20 bits per heavy atom. The van der Waals surface area contributed by atoms with Crippen molar-refractivity contribution in [2.24, 2.45) is 5.73 Å². The molecule has 0 spiro atoms. The minimum atomic E-state index is -0.896. The fourth-order valence-corrected chi connectivity index (χ4v) is 3.45. The Morgan fingerprint density at radius 1 is 1.40 bits per heavy atom. The topological polar surface area (TPSA) is 98.3 Å². The lowest BCUT2D eigenvalue weighted by molar-refractivity contribution is 0.0491. The van der Waals surface area contributed by atoms with Gasteiger partial charge in [-0.15, -0.1) is 0 Å². The molecule has 3 N–H and O–H groups in total. The zero-order valence-electron chi connectivity index (χ0n) is 14.7. The van der Waals surface area contributed by atoms with Crippen LogP contribution in [0, 0.1) is 6.92 Å². The number of aromatic nitrogens is 1. The van der Waals surface area contributed by atoms with E-state index in [9.17, 15) is 9.59 Å². The minimum Gasteiger partial charge on any atom is -0.467 e. The van der Waals surface area contributed by atoms with Crippen molar-refractivity contribution >= 4 is 11.8 Å². The highest BCUT2D eigenvalue weighted by Gasteiger charge is 2.41. The van der Waals surface area contributed by atoms with E-state index >= 15 is 0 Å². The Balaban J connectivity index is 1.83. The number of furan rings is 1. The highest BCUT2D eigenvalue weighted by molar-refractivity contribution is 6.04. The lowest BCUT2D eigenvalue weighted by atomic mass is 9.78. The largest absolute Gasteiger partial charge is 0.467 e. The van der Waals surface area contributed by atoms with Gasteiger partial charge >= 0.3 is 5.97 Å². The average molecular weight is 344 g/mol. The van der Waals surface area contributed by atoms with Crippen LogP contribution in [0.1, 0.15) is 70.5 Å². The Hall–Kier alpha value is -2.34. The molecule has 2 aromatic heterocycles. The number of unbranched alkanes of at least 4 members (excludes halogenated alkanes) is 2. The summed E-state index contributed by atoms with van der Waals surface area (Å²) in [6, 6.07) is 3.53. The van der Waals surface area contributed by atoms with Crippen molar-refractivity contribution in [1.29, 1.82) is 0 Å². The molecule has 1 unspecified atom stereocenters. The molecule has 0 aromatic carbocycles. The van der Waals surface area contributed by atoms with Crippen LogP contribution >= 0.6 is 0 Å². The van der Waals surface area contributed by atoms with E-state index in [2.05, 4.69) is 11.9 Å². The van der Waals surface area contributed by atoms with E-state index in [1.165, 1.54) is 0 Å². The maximum absolute atomic E-state index is 12.7. The Morgan fingerprint density at radius 3 is 2.88 bits per heavy atom. The molecule has 25 heavy (non-hydrogen) atoms. The van der Waals surface area contributed by atoms with Crippen LogP contribution < -0.4 is 5.73 Å². The van der Waals surface area contributed by atoms with Crippen molar-refractivity contribution in [1.82, 2.24) is 4.98 Å². The zero-order chi connectivity index (χ0) is 18.0. The summed E-state index contributed by atoms with van der Waals surface area (Å²) in [5.41, 5.74) is 7.76. The number of hydrogen-bond acceptors (Lipinski definition) is 5. The van der Waals surface area contributed by atoms with Gasteiger partial charge in [0.2, 0.25) is 0 Å². The molecule has 6 heteroatoms. The van der Waals surface area contributed by atoms with Crippen molar-refractivity contribution < 1.29 is 18.7 Å². The number of carbonyl (C=O) groups is 2. The van der Waals surface area contributed by atoms with Gasteiger partial charge in [-0.05, 0) is 31.0 Å². The Kier molecular flexibility index (Phi) is 4.81. The summed E-state index contributed by atoms with van der Waals surface area (Å²) >= 11 is 0. The molecule has 1 atom stereocenters. The first kappa shape index (κ1) is 17.5. The van der Waals surface area contributed by atoms with Gasteiger partial charge in [0, 0.05) is 24.1 Å². The first-order valence-electron chi connectivity index (χ1n) is 8.71. The van der Waals surface area contributed by atoms with Gasteiger partial charge in [-0.3, -0.25) is 4.79 Å². The predicted molar refractivity (Wildman–Crippen MR) is 92.6 cm³/mol. The van der Waals surface area contributed by atoms with Crippen molar-refractivity contribution in [2.45, 2.75) is 51.5 Å². The molecule has 1 aliphatic rings. The molecule has 0 aliphatic heterocycles. The molecule has 1 aliphatic carbocycles. The van der Waals surface area contributed by atoms with Gasteiger partial charge in [0.25, 0.3) is 0 Å². The molecular weight excluding hydrogens is 320 g/mol. The second-order valence-corrected chi connectivity index (χ2v) is 6.73. The monoisotopic (exact) mass is 344 g/mol. The Bertz CT molecular complexity index is 776. The number of ether oxygens (including phenoxy) is 1. The highest BCUT2D eigenvalue weighted by atomic mass is 16.5. The fraction of sp³-hybridized carbons (Fsp3) is 0.474. The van der Waals surface area contributed by atoms with Crippen LogP contribution in [0.3, 0.4) is 0 Å². The number of rotatable bonds is 6. The van der Waals surface area contributed by atoms with E-state index in [4.69, 9.17) is 14.9 Å². The quantitative estimate of drug-likeness (QED) is 0.619. The molecule has 0 amide bonds. The summed E-state index contributed by atoms with van der Waals surface area (Å²) < 4.78 is 10.7. The van der Waals surface area contributed by atoms with Crippen LogP contribution in [-0.2, 0) is 16.7 Å². The number of ketones is 1. The van der Waals surface area contributed by atoms with E-state index in [-0.39, 0.29) is 12.2 Å². The van der Waals surface area contributed by atoms with E-state index in [0.29, 0.717) is 41.3 Å². The van der Waals surface area contributed by atoms with Crippen LogP contribution in [0.25, 0.3) is 0 Å². The third-order valence-corrected chi connectivity index (χ3v) is 4.77. The highest BCUT2D eigenvalue weighted by Crippen LogP contribution is 2.36. The molecule has 134 valence electrons. The molecule has 2 aromatic rings. The van der Waals surface area contributed by atoms with Crippen LogP contribution in [0.5, 0.6) is 0 Å². The first-order valence-corrected chi connectivity index (χ1v) is 8.71. The van der Waals surface area contributed by atoms with Crippen LogP contribution in [-0.4, -0.2) is 23.3 Å². The first-order chi connectivity index (χ1) is 12.0. The van der Waals surface area contributed by atoms with Gasteiger partial charge in [-0.1, -0.05) is 19.8 Å². The molecule has 0 saturated heterocycles. The standard InChI is InChI=1S/C19H24N2O4/c1-3-4-5-8-25-18(23)17-12(2)16-13(21-17)10-19(20,11-14(16)22)15-7-6-9-24-15/h6-7,9,21H,3-5,8,10-11,20H2,1-2H3. The fourth-order valence-electron chi connectivity index (χ4n) is 3.45. The van der Waals surface area contributed by atoms with Gasteiger partial charge in [0.05, 0.1) is 18.4 Å². The number of nitrogens with two attached hydrogens (primary N) is 1. The summed E-state index contributed by atoms with van der Waals surface area (Å²) in [6.07, 6.45) is 5.02. The van der Waals surface area contributed by atoms with Gasteiger partial charge in [-0.25, -0.2) is 4.79 Å². The number of fused-ring (bicyclic) bond motifs is 1. The Labute approximate surface area is 146 Å². The molecule has 3 rings (SSSR count). The lowest BCUT2D eigenvalue weighted by Gasteiger charge is -2.30. The van der Waals surface area contributed by atoms with Crippen molar-refractivity contribution in [2.75, 3.05) is 6.61 Å². The normalized spacial score (nSPS) is 19.7. The lowest BCUT2D eigenvalue weighted by Crippen LogP contribution is -2.44. The second kappa shape index (κ2) is 6.88. The summed E-state index contributed by atoms with van der Waals surface area (Å²) in [5, 5.41) is 0. The molecule has 0 saturated carbocycles. The summed E-state index contributed by atoms with van der Waals surface area (Å²) in [5.74, 6) is 0.0674. The van der Waals surface area contributed by atoms with E-state index in [0.717, 1.165) is 19.3 Å². The molecular formula is C19H24N2O4. The number of aromatic amines is 1. The molecule has 0 fully saturated rings. The summed E-state index contributed by atoms with van der Waals surface area (Å²) in [7, 11) is 0. The van der Waals surface area contributed by atoms with E-state index < -0.39 is 11.5 Å². The maximum Gasteiger partial charge on any atom is 0.355 e. The summed E-state index contributed by atoms with van der Waals surface area (Å²) in [4.78, 5) is 28.1. The van der Waals surface area contributed by atoms with E-state index in [1.807, 2.05) is 0 Å². The van der Waals surface area contributed by atoms with Crippen molar-refractivity contribution in [3.63, 3.8) is 0 Å². The maximum atomic E-state index is 12.7. The summed E-state index contributed by atoms with van der Waals surface area (Å²) in [6.45, 7) is 4.25. The zero-order valence-corrected chi connectivity index (χ0v) is 14.7. The SMILES string of the molecule is CCCCCOC(=O)c1[nH]c2c(c1C)C(=O)CC(N)(c1ccco1)C2. The van der Waals surface area contributed by atoms with Gasteiger partial charge in [-0.2, -0.15) is 0 Å². The van der Waals surface area contributed by atoms with Crippen LogP contribution in [0.2, 0.25) is 0 Å². The number of nitrogens with one attached hydrogen (secondary N) is 1. The third kappa shape index (κ3) is 3.26. The molecule has 0 bridgehead atoms. The number of hydrogen-bond donors (Lipinski definition) is 2. The molecule has 6 nitrogen and oxygen atoms in total. The van der Waals surface area contributed by atoms with Gasteiger partial charge in [0.1, 0.15) is 11.5 Å². The minimum absolute atomic E-state index is 0.0843. The molecule has 0 radical (unpaired) electrons. The molecule has 2 heterocycles. The second-order valence-electron chi connectivity index (χ2n) is 6.73. The number of H-pyrrole nitrogens is 1. The number of Topliss-reactive ketones (excluding diaryl/α,β-unsaturated/α-hetero) is 1.